The summed E-state index contributed by atoms with van der Waals surface area (Å²) in [6.07, 6.45) is 0. The first-order valence-corrected chi connectivity index (χ1v) is 9.65. The van der Waals surface area contributed by atoms with Gasteiger partial charge in [-0.25, -0.2) is 0 Å². The number of Topliss-reactive ketones (excluding diaryl/α,β-unsaturated/α-hetero) is 2. The van der Waals surface area contributed by atoms with E-state index in [1.54, 1.807) is 25.3 Å². The summed E-state index contributed by atoms with van der Waals surface area (Å²) in [7, 11) is 6.04. The van der Waals surface area contributed by atoms with Gasteiger partial charge >= 0.3 is 0 Å². The van der Waals surface area contributed by atoms with E-state index in [9.17, 15) is 9.59 Å². The summed E-state index contributed by atoms with van der Waals surface area (Å²) in [5, 5.41) is 0. The summed E-state index contributed by atoms with van der Waals surface area (Å²) < 4.78 is 20.8. The fourth-order valence-electron chi connectivity index (χ4n) is 2.98. The minimum absolute atomic E-state index is 0.183. The molecule has 0 bridgehead atoms. The quantitative estimate of drug-likeness (QED) is 0.318. The molecule has 162 valence electrons. The predicted molar refractivity (Wildman–Crippen MR) is 120 cm³/mol. The number of benzene rings is 3. The second kappa shape index (κ2) is 10.2. The standard InChI is InChI=1S/C26H22O6/c1-29-21-10-7-17(8-11-21)5-6-18-13-20(15-22(14-18)30-2)26(28)25(27)19-9-12-23(31-3)24(16-19)32-4/h7-16H,1-4H3. The Bertz CT molecular complexity index is 1200. The maximum atomic E-state index is 12.9. The number of carbonyl (C=O) groups excluding carboxylic acids is 2. The Morgan fingerprint density at radius 1 is 0.562 bits per heavy atom. The van der Waals surface area contributed by atoms with Crippen LogP contribution < -0.4 is 18.9 Å². The van der Waals surface area contributed by atoms with Gasteiger partial charge in [-0.3, -0.25) is 9.59 Å². The molecule has 3 aromatic rings. The molecular formula is C26H22O6. The van der Waals surface area contributed by atoms with E-state index in [2.05, 4.69) is 11.8 Å². The van der Waals surface area contributed by atoms with E-state index >= 15 is 0 Å². The van der Waals surface area contributed by atoms with Gasteiger partial charge in [0.15, 0.2) is 11.5 Å². The van der Waals surface area contributed by atoms with Crippen LogP contribution in [-0.4, -0.2) is 40.0 Å². The molecule has 0 aliphatic carbocycles. The third-order valence-corrected chi connectivity index (χ3v) is 4.70. The van der Waals surface area contributed by atoms with Crippen molar-refractivity contribution in [1.29, 1.82) is 0 Å². The molecule has 0 spiro atoms. The van der Waals surface area contributed by atoms with Crippen LogP contribution in [0.1, 0.15) is 31.8 Å². The number of methoxy groups -OCH3 is 4. The van der Waals surface area contributed by atoms with Crippen molar-refractivity contribution >= 4 is 11.6 Å². The third kappa shape index (κ3) is 5.08. The van der Waals surface area contributed by atoms with Crippen molar-refractivity contribution in [3.8, 4) is 34.8 Å². The highest BCUT2D eigenvalue weighted by atomic mass is 16.5. The molecule has 0 aliphatic rings. The first-order chi connectivity index (χ1) is 15.5. The summed E-state index contributed by atoms with van der Waals surface area (Å²) in [5.74, 6) is 6.68. The lowest BCUT2D eigenvalue weighted by atomic mass is 9.99. The monoisotopic (exact) mass is 430 g/mol. The molecule has 0 aliphatic heterocycles. The summed E-state index contributed by atoms with van der Waals surface area (Å²) >= 11 is 0. The first-order valence-electron chi connectivity index (χ1n) is 9.65. The minimum Gasteiger partial charge on any atom is -0.497 e. The van der Waals surface area contributed by atoms with Crippen LogP contribution in [0.5, 0.6) is 23.0 Å². The number of ketones is 2. The van der Waals surface area contributed by atoms with E-state index in [0.717, 1.165) is 11.3 Å². The van der Waals surface area contributed by atoms with Crippen LogP contribution >= 0.6 is 0 Å². The molecule has 0 unspecified atom stereocenters. The van der Waals surface area contributed by atoms with Crippen molar-refractivity contribution in [3.63, 3.8) is 0 Å². The maximum absolute atomic E-state index is 12.9. The van der Waals surface area contributed by atoms with Gasteiger partial charge in [-0.1, -0.05) is 11.8 Å². The molecule has 0 saturated carbocycles. The van der Waals surface area contributed by atoms with Crippen molar-refractivity contribution < 1.29 is 28.5 Å². The molecule has 6 nitrogen and oxygen atoms in total. The molecule has 6 heteroatoms. The zero-order valence-electron chi connectivity index (χ0n) is 18.2. The molecule has 0 amide bonds. The SMILES string of the molecule is COc1ccc(C#Cc2cc(OC)cc(C(=O)C(=O)c3ccc(OC)c(OC)c3)c2)cc1. The minimum atomic E-state index is -0.677. The molecule has 0 saturated heterocycles. The van der Waals surface area contributed by atoms with Crippen molar-refractivity contribution in [2.75, 3.05) is 28.4 Å². The molecule has 0 atom stereocenters. The molecule has 0 radical (unpaired) electrons. The highest BCUT2D eigenvalue weighted by Crippen LogP contribution is 2.28. The van der Waals surface area contributed by atoms with Gasteiger partial charge in [0.25, 0.3) is 0 Å². The average Bonchev–Trinajstić information content (AvgIpc) is 2.86. The predicted octanol–water partition coefficient (Wildman–Crippen LogP) is 4.19. The van der Waals surface area contributed by atoms with Crippen LogP contribution in [0.15, 0.2) is 60.7 Å². The van der Waals surface area contributed by atoms with E-state index in [1.165, 1.54) is 39.5 Å². The van der Waals surface area contributed by atoms with Crippen molar-refractivity contribution in [3.05, 3.63) is 82.9 Å². The molecule has 0 fully saturated rings. The number of hydrogen-bond acceptors (Lipinski definition) is 6. The second-order valence-corrected chi connectivity index (χ2v) is 6.66. The second-order valence-electron chi connectivity index (χ2n) is 6.66. The summed E-state index contributed by atoms with van der Waals surface area (Å²) in [5.41, 5.74) is 1.70. The smallest absolute Gasteiger partial charge is 0.233 e. The third-order valence-electron chi connectivity index (χ3n) is 4.70. The average molecular weight is 430 g/mol. The number of rotatable bonds is 7. The Morgan fingerprint density at radius 2 is 1.19 bits per heavy atom. The zero-order valence-corrected chi connectivity index (χ0v) is 18.2. The number of ether oxygens (including phenoxy) is 4. The summed E-state index contributed by atoms with van der Waals surface area (Å²) in [6, 6.07) is 16.6. The Kier molecular flexibility index (Phi) is 7.14. The van der Waals surface area contributed by atoms with Crippen LogP contribution in [0.25, 0.3) is 0 Å². The topological polar surface area (TPSA) is 71.1 Å². The summed E-state index contributed by atoms with van der Waals surface area (Å²) in [6.45, 7) is 0. The van der Waals surface area contributed by atoms with Gasteiger partial charge in [0.1, 0.15) is 11.5 Å². The molecule has 0 N–H and O–H groups in total. The van der Waals surface area contributed by atoms with Gasteiger partial charge in [0.05, 0.1) is 28.4 Å². The normalized spacial score (nSPS) is 9.88. The first kappa shape index (κ1) is 22.4. The fraction of sp³-hybridized carbons (Fsp3) is 0.154. The van der Waals surface area contributed by atoms with Crippen molar-refractivity contribution in [1.82, 2.24) is 0 Å². The van der Waals surface area contributed by atoms with Crippen molar-refractivity contribution in [2.24, 2.45) is 0 Å². The summed E-state index contributed by atoms with van der Waals surface area (Å²) in [4.78, 5) is 25.8. The lowest BCUT2D eigenvalue weighted by Gasteiger charge is -2.09. The van der Waals surface area contributed by atoms with E-state index in [0.29, 0.717) is 22.8 Å². The molecule has 0 heterocycles. The lowest BCUT2D eigenvalue weighted by molar-refractivity contribution is 0.0816. The Hall–Kier alpha value is -4.24. The maximum Gasteiger partial charge on any atom is 0.233 e. The van der Waals surface area contributed by atoms with E-state index in [4.69, 9.17) is 18.9 Å². The van der Waals surface area contributed by atoms with Crippen LogP contribution in [-0.2, 0) is 0 Å². The largest absolute Gasteiger partial charge is 0.497 e. The van der Waals surface area contributed by atoms with Gasteiger partial charge in [-0.05, 0) is 60.7 Å². The van der Waals surface area contributed by atoms with Gasteiger partial charge in [0, 0.05) is 22.3 Å². The Labute approximate surface area is 186 Å². The van der Waals surface area contributed by atoms with Crippen LogP contribution in [0.3, 0.4) is 0 Å². The lowest BCUT2D eigenvalue weighted by Crippen LogP contribution is -2.15. The number of carbonyl (C=O) groups is 2. The van der Waals surface area contributed by atoms with E-state index in [-0.39, 0.29) is 11.1 Å². The van der Waals surface area contributed by atoms with Gasteiger partial charge in [0.2, 0.25) is 11.6 Å². The van der Waals surface area contributed by atoms with Gasteiger partial charge in [-0.2, -0.15) is 0 Å². The van der Waals surface area contributed by atoms with Crippen LogP contribution in [0.2, 0.25) is 0 Å². The Morgan fingerprint density at radius 3 is 1.81 bits per heavy atom. The number of hydrogen-bond donors (Lipinski definition) is 0. The molecule has 0 aromatic heterocycles. The molecule has 32 heavy (non-hydrogen) atoms. The highest BCUT2D eigenvalue weighted by molar-refractivity contribution is 6.49. The van der Waals surface area contributed by atoms with Crippen molar-refractivity contribution in [2.45, 2.75) is 0 Å². The zero-order chi connectivity index (χ0) is 23.1. The highest BCUT2D eigenvalue weighted by Gasteiger charge is 2.21. The van der Waals surface area contributed by atoms with Crippen LogP contribution in [0.4, 0.5) is 0 Å². The van der Waals surface area contributed by atoms with E-state index < -0.39 is 11.6 Å². The van der Waals surface area contributed by atoms with Crippen LogP contribution in [0, 0.1) is 11.8 Å². The van der Waals surface area contributed by atoms with Gasteiger partial charge < -0.3 is 18.9 Å². The Balaban J connectivity index is 1.91. The molecule has 3 rings (SSSR count). The molecular weight excluding hydrogens is 408 g/mol. The fourth-order valence-corrected chi connectivity index (χ4v) is 2.98. The van der Waals surface area contributed by atoms with E-state index in [1.807, 2.05) is 24.3 Å². The van der Waals surface area contributed by atoms with Gasteiger partial charge in [-0.15, -0.1) is 0 Å². The molecule has 3 aromatic carbocycles.